The lowest BCUT2D eigenvalue weighted by atomic mass is 9.83. The molecule has 1 aliphatic rings. The van der Waals surface area contributed by atoms with Crippen molar-refractivity contribution in [2.45, 2.75) is 24.9 Å². The molecule has 0 unspecified atom stereocenters. The zero-order valence-corrected chi connectivity index (χ0v) is 14.6. The quantitative estimate of drug-likeness (QED) is 0.403. The Morgan fingerprint density at radius 1 is 0.964 bits per heavy atom. The highest BCUT2D eigenvalue weighted by Crippen LogP contribution is 2.34. The van der Waals surface area contributed by atoms with E-state index >= 15 is 0 Å². The number of ketones is 2. The number of carbonyl (C=O) groups excluding carboxylic acids is 3. The number of carbonyl (C=O) groups is 3. The van der Waals surface area contributed by atoms with Gasteiger partial charge in [0.1, 0.15) is 30.7 Å². The number of ether oxygens (including phenoxy) is 1. The summed E-state index contributed by atoms with van der Waals surface area (Å²) in [6, 6.07) is 9.07. The first kappa shape index (κ1) is 19.8. The van der Waals surface area contributed by atoms with Gasteiger partial charge in [0.15, 0.2) is 17.9 Å². The highest BCUT2D eigenvalue weighted by molar-refractivity contribution is 6.29. The molecule has 8 nitrogen and oxygen atoms in total. The lowest BCUT2D eigenvalue weighted by Crippen LogP contribution is -2.41. The van der Waals surface area contributed by atoms with Crippen LogP contribution >= 0.6 is 0 Å². The largest absolute Gasteiger partial charge is 0.490 e. The summed E-state index contributed by atoms with van der Waals surface area (Å²) in [5.74, 6) is -0.906. The van der Waals surface area contributed by atoms with E-state index < -0.39 is 43.1 Å². The van der Waals surface area contributed by atoms with E-state index in [1.54, 1.807) is 12.1 Å². The summed E-state index contributed by atoms with van der Waals surface area (Å²) in [6.45, 7) is -0.974. The Labute approximate surface area is 159 Å². The zero-order valence-electron chi connectivity index (χ0n) is 14.6. The molecule has 3 rings (SSSR count). The van der Waals surface area contributed by atoms with E-state index in [-0.39, 0.29) is 34.3 Å². The van der Waals surface area contributed by atoms with E-state index in [1.165, 1.54) is 24.3 Å². The number of benzene rings is 2. The van der Waals surface area contributed by atoms with Gasteiger partial charge in [-0.15, -0.1) is 0 Å². The molecule has 0 aromatic heterocycles. The number of aliphatic hydroxyl groups is 4. The Kier molecular flexibility index (Phi) is 5.66. The summed E-state index contributed by atoms with van der Waals surface area (Å²) in [5.41, 5.74) is 0.813. The smallest absolute Gasteiger partial charge is 0.198 e. The van der Waals surface area contributed by atoms with Crippen LogP contribution in [-0.4, -0.2) is 63.2 Å². The number of rotatable bonds is 7. The molecule has 28 heavy (non-hydrogen) atoms. The fourth-order valence-electron chi connectivity index (χ4n) is 3.03. The van der Waals surface area contributed by atoms with Gasteiger partial charge in [-0.1, -0.05) is 24.3 Å². The van der Waals surface area contributed by atoms with Crippen LogP contribution in [0.5, 0.6) is 5.75 Å². The average molecular weight is 386 g/mol. The summed E-state index contributed by atoms with van der Waals surface area (Å²) >= 11 is 0. The Morgan fingerprint density at radius 3 is 2.21 bits per heavy atom. The molecule has 8 heteroatoms. The first-order valence-electron chi connectivity index (χ1n) is 8.47. The van der Waals surface area contributed by atoms with Gasteiger partial charge >= 0.3 is 0 Å². The predicted octanol–water partition coefficient (Wildman–Crippen LogP) is -0.385. The maximum atomic E-state index is 12.9. The number of aldehydes is 1. The molecule has 0 aliphatic heterocycles. The van der Waals surface area contributed by atoms with E-state index in [2.05, 4.69) is 0 Å². The summed E-state index contributed by atoms with van der Waals surface area (Å²) in [6.07, 6.45) is -5.14. The fraction of sp³-hybridized carbons (Fsp3) is 0.250. The maximum Gasteiger partial charge on any atom is 0.198 e. The molecule has 0 amide bonds. The topological polar surface area (TPSA) is 141 Å². The van der Waals surface area contributed by atoms with Gasteiger partial charge in [0.25, 0.3) is 0 Å². The second-order valence-electron chi connectivity index (χ2n) is 6.37. The highest BCUT2D eigenvalue weighted by atomic mass is 16.5. The van der Waals surface area contributed by atoms with E-state index in [4.69, 9.17) is 4.74 Å². The van der Waals surface area contributed by atoms with Crippen LogP contribution in [0.25, 0.3) is 0 Å². The Morgan fingerprint density at radius 2 is 1.61 bits per heavy atom. The molecule has 0 bridgehead atoms. The van der Waals surface area contributed by atoms with Gasteiger partial charge in [-0.05, 0) is 17.7 Å². The van der Waals surface area contributed by atoms with Crippen molar-refractivity contribution in [3.8, 4) is 5.75 Å². The fourth-order valence-corrected chi connectivity index (χ4v) is 3.03. The Bertz CT molecular complexity index is 936. The molecule has 0 spiro atoms. The van der Waals surface area contributed by atoms with Crippen molar-refractivity contribution >= 4 is 17.9 Å². The van der Waals surface area contributed by atoms with Gasteiger partial charge in [-0.25, -0.2) is 0 Å². The lowest BCUT2D eigenvalue weighted by molar-refractivity contribution is -0.127. The number of aliphatic hydroxyl groups excluding tert-OH is 4. The SMILES string of the molecule is O=C[C@@H](O)[C@H](O)[C@@H](O)COc1cc(CO)cc2c1C(=O)c1ccccc1C2=O. The molecule has 0 saturated carbocycles. The second-order valence-corrected chi connectivity index (χ2v) is 6.37. The van der Waals surface area contributed by atoms with Crippen molar-refractivity contribution in [1.29, 1.82) is 0 Å². The summed E-state index contributed by atoms with van der Waals surface area (Å²) in [7, 11) is 0. The molecular weight excluding hydrogens is 368 g/mol. The average Bonchev–Trinajstić information content (AvgIpc) is 2.73. The van der Waals surface area contributed by atoms with Crippen LogP contribution in [0.4, 0.5) is 0 Å². The van der Waals surface area contributed by atoms with Gasteiger partial charge in [0.05, 0.1) is 12.2 Å². The minimum atomic E-state index is -1.80. The van der Waals surface area contributed by atoms with E-state index in [9.17, 15) is 34.8 Å². The van der Waals surface area contributed by atoms with Crippen molar-refractivity contribution < 1.29 is 39.5 Å². The standard InChI is InChI=1S/C20H18O8/c21-7-10-5-13-17(19(26)12-4-2-1-3-11(12)18(13)25)16(6-10)28-9-15(24)20(27)14(23)8-22/h1-6,8,14-15,20-21,23-24,27H,7,9H2/t14-,15+,20+/m1/s1. The second kappa shape index (κ2) is 7.99. The lowest BCUT2D eigenvalue weighted by Gasteiger charge is -2.23. The van der Waals surface area contributed by atoms with Crippen molar-refractivity contribution in [3.05, 3.63) is 64.2 Å². The minimum absolute atomic E-state index is 0.0153. The molecule has 0 heterocycles. The third-order valence-corrected chi connectivity index (χ3v) is 4.53. The van der Waals surface area contributed by atoms with Gasteiger partial charge in [-0.3, -0.25) is 9.59 Å². The van der Waals surface area contributed by atoms with Crippen LogP contribution in [0.15, 0.2) is 36.4 Å². The van der Waals surface area contributed by atoms with Gasteiger partial charge in [0.2, 0.25) is 0 Å². The molecule has 0 radical (unpaired) electrons. The third-order valence-electron chi connectivity index (χ3n) is 4.53. The van der Waals surface area contributed by atoms with Crippen molar-refractivity contribution in [1.82, 2.24) is 0 Å². The van der Waals surface area contributed by atoms with E-state index in [0.29, 0.717) is 5.56 Å². The number of fused-ring (bicyclic) bond motifs is 2. The molecule has 0 saturated heterocycles. The maximum absolute atomic E-state index is 12.9. The normalized spacial score (nSPS) is 16.0. The molecular formula is C20H18O8. The van der Waals surface area contributed by atoms with Crippen molar-refractivity contribution in [2.75, 3.05) is 6.61 Å². The first-order valence-corrected chi connectivity index (χ1v) is 8.47. The van der Waals surface area contributed by atoms with Crippen LogP contribution in [0.2, 0.25) is 0 Å². The predicted molar refractivity (Wildman–Crippen MR) is 95.3 cm³/mol. The van der Waals surface area contributed by atoms with Crippen LogP contribution in [0, 0.1) is 0 Å². The van der Waals surface area contributed by atoms with Gasteiger partial charge in [0, 0.05) is 16.7 Å². The first-order chi connectivity index (χ1) is 13.4. The van der Waals surface area contributed by atoms with Crippen LogP contribution in [0.1, 0.15) is 37.4 Å². The summed E-state index contributed by atoms with van der Waals surface area (Å²) in [5, 5.41) is 38.3. The minimum Gasteiger partial charge on any atom is -0.490 e. The molecule has 2 aromatic rings. The van der Waals surface area contributed by atoms with E-state index in [0.717, 1.165) is 0 Å². The number of hydrogen-bond donors (Lipinski definition) is 4. The van der Waals surface area contributed by atoms with Crippen LogP contribution < -0.4 is 4.74 Å². The monoisotopic (exact) mass is 386 g/mol. The van der Waals surface area contributed by atoms with Crippen LogP contribution in [-0.2, 0) is 11.4 Å². The van der Waals surface area contributed by atoms with Crippen LogP contribution in [0.3, 0.4) is 0 Å². The molecule has 2 aromatic carbocycles. The summed E-state index contributed by atoms with van der Waals surface area (Å²) < 4.78 is 5.44. The molecule has 4 N–H and O–H groups in total. The molecule has 0 fully saturated rings. The zero-order chi connectivity index (χ0) is 20.4. The Balaban J connectivity index is 1.98. The molecule has 1 aliphatic carbocycles. The summed E-state index contributed by atoms with van der Waals surface area (Å²) in [4.78, 5) is 36.2. The van der Waals surface area contributed by atoms with Gasteiger partial charge < -0.3 is 30.0 Å². The van der Waals surface area contributed by atoms with Crippen molar-refractivity contribution in [2.24, 2.45) is 0 Å². The molecule has 146 valence electrons. The van der Waals surface area contributed by atoms with Gasteiger partial charge in [-0.2, -0.15) is 0 Å². The number of hydrogen-bond acceptors (Lipinski definition) is 8. The molecule has 3 atom stereocenters. The Hall–Kier alpha value is -2.91. The van der Waals surface area contributed by atoms with E-state index in [1.807, 2.05) is 0 Å². The van der Waals surface area contributed by atoms with Crippen molar-refractivity contribution in [3.63, 3.8) is 0 Å². The third kappa shape index (κ3) is 3.46. The highest BCUT2D eigenvalue weighted by Gasteiger charge is 2.33.